The smallest absolute Gasteiger partial charge is 0.238 e. The maximum absolute atomic E-state index is 11.8. The van der Waals surface area contributed by atoms with Crippen LogP contribution in [-0.2, 0) is 11.3 Å². The molecule has 0 spiro atoms. The first-order valence-electron chi connectivity index (χ1n) is 6.12. The van der Waals surface area contributed by atoms with Crippen LogP contribution in [0.1, 0.15) is 11.7 Å². The van der Waals surface area contributed by atoms with Gasteiger partial charge in [-0.25, -0.2) is 0 Å². The molecule has 0 aliphatic rings. The van der Waals surface area contributed by atoms with Crippen molar-refractivity contribution in [3.05, 3.63) is 36.0 Å². The number of methoxy groups -OCH3 is 1. The summed E-state index contributed by atoms with van der Waals surface area (Å²) in [5.41, 5.74) is 0.636. The van der Waals surface area contributed by atoms with Gasteiger partial charge in [-0.3, -0.25) is 4.79 Å². The number of aryl methyl sites for hydroxylation is 1. The number of hydrogen-bond donors (Lipinski definition) is 2. The van der Waals surface area contributed by atoms with Crippen LogP contribution in [0, 0.1) is 6.92 Å². The first-order valence-corrected chi connectivity index (χ1v) is 6.12. The average molecular weight is 276 g/mol. The Bertz CT molecular complexity index is 583. The van der Waals surface area contributed by atoms with Gasteiger partial charge in [0.2, 0.25) is 11.8 Å². The van der Waals surface area contributed by atoms with Gasteiger partial charge in [0.15, 0.2) is 5.82 Å². The number of hydrogen-bond acceptors (Lipinski definition) is 6. The number of rotatable bonds is 6. The third-order valence-electron chi connectivity index (χ3n) is 2.52. The summed E-state index contributed by atoms with van der Waals surface area (Å²) in [4.78, 5) is 15.8. The lowest BCUT2D eigenvalue weighted by atomic mass is 10.3. The van der Waals surface area contributed by atoms with E-state index in [2.05, 4.69) is 20.8 Å². The molecule has 0 atom stereocenters. The van der Waals surface area contributed by atoms with E-state index in [4.69, 9.17) is 9.26 Å². The fraction of sp³-hybridized carbons (Fsp3) is 0.308. The van der Waals surface area contributed by atoms with Gasteiger partial charge in [-0.1, -0.05) is 17.3 Å². The second-order valence-electron chi connectivity index (χ2n) is 4.08. The average Bonchev–Trinajstić information content (AvgIpc) is 2.85. The Morgan fingerprint density at radius 1 is 1.40 bits per heavy atom. The summed E-state index contributed by atoms with van der Waals surface area (Å²) in [6.07, 6.45) is 0. The molecule has 0 fully saturated rings. The largest absolute Gasteiger partial charge is 0.495 e. The van der Waals surface area contributed by atoms with Crippen LogP contribution in [0.25, 0.3) is 0 Å². The molecule has 1 amide bonds. The van der Waals surface area contributed by atoms with Crippen LogP contribution in [-0.4, -0.2) is 29.7 Å². The highest BCUT2D eigenvalue weighted by molar-refractivity contribution is 5.93. The summed E-state index contributed by atoms with van der Waals surface area (Å²) in [6, 6.07) is 7.23. The first-order chi connectivity index (χ1) is 9.69. The molecule has 106 valence electrons. The van der Waals surface area contributed by atoms with Crippen molar-refractivity contribution in [1.82, 2.24) is 15.5 Å². The van der Waals surface area contributed by atoms with E-state index >= 15 is 0 Å². The first kappa shape index (κ1) is 14.0. The lowest BCUT2D eigenvalue weighted by molar-refractivity contribution is -0.115. The molecule has 0 aliphatic heterocycles. The molecule has 2 N–H and O–H groups in total. The molecule has 0 saturated heterocycles. The third kappa shape index (κ3) is 3.79. The minimum atomic E-state index is -0.172. The normalized spacial score (nSPS) is 10.3. The van der Waals surface area contributed by atoms with Crippen LogP contribution < -0.4 is 15.4 Å². The standard InChI is InChI=1S/C13H16N4O3/c1-9-15-12(17-20-9)7-14-8-13(18)16-10-5-3-4-6-11(10)19-2/h3-6,14H,7-8H2,1-2H3,(H,16,18). The zero-order valence-electron chi connectivity index (χ0n) is 11.3. The number of carbonyl (C=O) groups excluding carboxylic acids is 1. The van der Waals surface area contributed by atoms with Crippen molar-refractivity contribution in [2.45, 2.75) is 13.5 Å². The van der Waals surface area contributed by atoms with Crippen LogP contribution in [0.15, 0.2) is 28.8 Å². The molecule has 0 saturated carbocycles. The van der Waals surface area contributed by atoms with E-state index in [9.17, 15) is 4.79 Å². The Morgan fingerprint density at radius 2 is 2.20 bits per heavy atom. The molecule has 20 heavy (non-hydrogen) atoms. The van der Waals surface area contributed by atoms with Crippen LogP contribution in [0.3, 0.4) is 0 Å². The summed E-state index contributed by atoms with van der Waals surface area (Å²) in [5, 5.41) is 9.42. The van der Waals surface area contributed by atoms with Gasteiger partial charge in [-0.15, -0.1) is 0 Å². The van der Waals surface area contributed by atoms with Gasteiger partial charge in [0, 0.05) is 6.92 Å². The lowest BCUT2D eigenvalue weighted by Crippen LogP contribution is -2.28. The van der Waals surface area contributed by atoms with Crippen LogP contribution in [0.4, 0.5) is 5.69 Å². The van der Waals surface area contributed by atoms with Gasteiger partial charge < -0.3 is 19.9 Å². The molecular weight excluding hydrogens is 260 g/mol. The molecule has 0 radical (unpaired) electrons. The monoisotopic (exact) mass is 276 g/mol. The van der Waals surface area contributed by atoms with E-state index in [0.717, 1.165) is 0 Å². The summed E-state index contributed by atoms with van der Waals surface area (Å²) in [7, 11) is 1.56. The van der Waals surface area contributed by atoms with Crippen molar-refractivity contribution >= 4 is 11.6 Å². The minimum Gasteiger partial charge on any atom is -0.495 e. The van der Waals surface area contributed by atoms with E-state index < -0.39 is 0 Å². The van der Waals surface area contributed by atoms with Gasteiger partial charge in [-0.05, 0) is 12.1 Å². The molecule has 2 rings (SSSR count). The van der Waals surface area contributed by atoms with Crippen molar-refractivity contribution < 1.29 is 14.1 Å². The van der Waals surface area contributed by atoms with Crippen molar-refractivity contribution in [3.8, 4) is 5.75 Å². The van der Waals surface area contributed by atoms with Gasteiger partial charge in [0.25, 0.3) is 0 Å². The van der Waals surface area contributed by atoms with E-state index in [1.807, 2.05) is 12.1 Å². The maximum Gasteiger partial charge on any atom is 0.238 e. The summed E-state index contributed by atoms with van der Waals surface area (Å²) in [5.74, 6) is 1.47. The zero-order chi connectivity index (χ0) is 14.4. The van der Waals surface area contributed by atoms with E-state index in [1.165, 1.54) is 0 Å². The predicted octanol–water partition coefficient (Wildman–Crippen LogP) is 1.11. The summed E-state index contributed by atoms with van der Waals surface area (Å²) >= 11 is 0. The van der Waals surface area contributed by atoms with Gasteiger partial charge >= 0.3 is 0 Å². The number of carbonyl (C=O) groups is 1. The number of nitrogens with one attached hydrogen (secondary N) is 2. The summed E-state index contributed by atoms with van der Waals surface area (Å²) in [6.45, 7) is 2.23. The number of benzene rings is 1. The number of ether oxygens (including phenoxy) is 1. The van der Waals surface area contributed by atoms with Crippen molar-refractivity contribution in [2.24, 2.45) is 0 Å². The highest BCUT2D eigenvalue weighted by atomic mass is 16.5. The van der Waals surface area contributed by atoms with Gasteiger partial charge in [-0.2, -0.15) is 4.98 Å². The van der Waals surface area contributed by atoms with Gasteiger partial charge in [0.1, 0.15) is 5.75 Å². The number of aromatic nitrogens is 2. The molecule has 7 heteroatoms. The minimum absolute atomic E-state index is 0.144. The number of para-hydroxylation sites is 2. The highest BCUT2D eigenvalue weighted by Gasteiger charge is 2.07. The number of anilines is 1. The van der Waals surface area contributed by atoms with E-state index in [1.54, 1.807) is 26.2 Å². The van der Waals surface area contributed by atoms with Crippen LogP contribution >= 0.6 is 0 Å². The molecule has 2 aromatic rings. The third-order valence-corrected chi connectivity index (χ3v) is 2.52. The number of nitrogens with zero attached hydrogens (tertiary/aromatic N) is 2. The Morgan fingerprint density at radius 3 is 2.90 bits per heavy atom. The predicted molar refractivity (Wildman–Crippen MR) is 72.4 cm³/mol. The Kier molecular flexibility index (Phi) is 4.67. The maximum atomic E-state index is 11.8. The van der Waals surface area contributed by atoms with Crippen LogP contribution in [0.2, 0.25) is 0 Å². The highest BCUT2D eigenvalue weighted by Crippen LogP contribution is 2.22. The molecule has 1 aromatic heterocycles. The van der Waals surface area contributed by atoms with Gasteiger partial charge in [0.05, 0.1) is 25.9 Å². The zero-order valence-corrected chi connectivity index (χ0v) is 11.3. The molecule has 0 unspecified atom stereocenters. The fourth-order valence-corrected chi connectivity index (χ4v) is 1.64. The Hall–Kier alpha value is -2.41. The van der Waals surface area contributed by atoms with E-state index in [0.29, 0.717) is 29.7 Å². The fourth-order valence-electron chi connectivity index (χ4n) is 1.64. The second kappa shape index (κ2) is 6.67. The molecule has 7 nitrogen and oxygen atoms in total. The number of amides is 1. The summed E-state index contributed by atoms with van der Waals surface area (Å²) < 4.78 is 9.98. The molecule has 1 heterocycles. The van der Waals surface area contributed by atoms with Crippen LogP contribution in [0.5, 0.6) is 5.75 Å². The lowest BCUT2D eigenvalue weighted by Gasteiger charge is -2.09. The SMILES string of the molecule is COc1ccccc1NC(=O)CNCc1noc(C)n1. The molecular formula is C13H16N4O3. The Labute approximate surface area is 116 Å². The second-order valence-corrected chi connectivity index (χ2v) is 4.08. The Balaban J connectivity index is 1.80. The molecule has 0 aliphatic carbocycles. The van der Waals surface area contributed by atoms with Crippen molar-refractivity contribution in [2.75, 3.05) is 19.0 Å². The topological polar surface area (TPSA) is 89.3 Å². The quantitative estimate of drug-likeness (QED) is 0.821. The molecule has 0 bridgehead atoms. The van der Waals surface area contributed by atoms with Crippen molar-refractivity contribution in [1.29, 1.82) is 0 Å². The molecule has 1 aromatic carbocycles. The van der Waals surface area contributed by atoms with E-state index in [-0.39, 0.29) is 12.5 Å². The van der Waals surface area contributed by atoms with Crippen molar-refractivity contribution in [3.63, 3.8) is 0 Å².